The van der Waals surface area contributed by atoms with E-state index in [-0.39, 0.29) is 6.04 Å². The van der Waals surface area contributed by atoms with Gasteiger partial charge in [0, 0.05) is 16.6 Å². The Labute approximate surface area is 128 Å². The van der Waals surface area contributed by atoms with Gasteiger partial charge in [0.2, 0.25) is 0 Å². The van der Waals surface area contributed by atoms with Crippen LogP contribution < -0.4 is 5.32 Å². The Bertz CT molecular complexity index is 710. The van der Waals surface area contributed by atoms with Crippen LogP contribution in [-0.2, 0) is 0 Å². The minimum atomic E-state index is 0.0832. The summed E-state index contributed by atoms with van der Waals surface area (Å²) in [6, 6.07) is 10.2. The van der Waals surface area contributed by atoms with Crippen LogP contribution in [0.4, 0.5) is 0 Å². The predicted octanol–water partition coefficient (Wildman–Crippen LogP) is 3.25. The average Bonchev–Trinajstić information content (AvgIpc) is 3.10. The molecule has 1 atom stereocenters. The van der Waals surface area contributed by atoms with E-state index in [1.54, 1.807) is 11.3 Å². The molecule has 108 valence electrons. The average molecular weight is 298 g/mol. The van der Waals surface area contributed by atoms with E-state index in [9.17, 15) is 0 Å². The molecule has 3 aromatic rings. The highest BCUT2D eigenvalue weighted by atomic mass is 32.1. The van der Waals surface area contributed by atoms with Crippen LogP contribution in [0.3, 0.4) is 0 Å². The van der Waals surface area contributed by atoms with Crippen molar-refractivity contribution in [3.05, 3.63) is 63.9 Å². The van der Waals surface area contributed by atoms with Gasteiger partial charge in [-0.3, -0.25) is 0 Å². The molecule has 0 amide bonds. The number of nitrogens with one attached hydrogen (secondary N) is 1. The van der Waals surface area contributed by atoms with Crippen molar-refractivity contribution in [1.29, 1.82) is 0 Å². The number of rotatable bonds is 4. The van der Waals surface area contributed by atoms with Crippen LogP contribution in [0, 0.1) is 13.8 Å². The SMILES string of the molecule is CNC(c1cnn(-c2ccccc2)c1)c1nc(C)c(C)s1. The minimum absolute atomic E-state index is 0.0832. The number of hydrogen-bond donors (Lipinski definition) is 1. The maximum absolute atomic E-state index is 4.66. The van der Waals surface area contributed by atoms with Crippen LogP contribution in [0.1, 0.15) is 27.2 Å². The Morgan fingerprint density at radius 3 is 2.57 bits per heavy atom. The molecule has 0 aliphatic rings. The topological polar surface area (TPSA) is 42.7 Å². The number of aromatic nitrogens is 3. The van der Waals surface area contributed by atoms with Gasteiger partial charge in [0.25, 0.3) is 0 Å². The molecular weight excluding hydrogens is 280 g/mol. The molecule has 0 aliphatic heterocycles. The first-order valence-electron chi connectivity index (χ1n) is 6.90. The lowest BCUT2D eigenvalue weighted by atomic mass is 10.2. The van der Waals surface area contributed by atoms with Gasteiger partial charge < -0.3 is 5.32 Å². The lowest BCUT2D eigenvalue weighted by Crippen LogP contribution is -2.16. The van der Waals surface area contributed by atoms with Crippen molar-refractivity contribution >= 4 is 11.3 Å². The minimum Gasteiger partial charge on any atom is -0.307 e. The summed E-state index contributed by atoms with van der Waals surface area (Å²) in [5, 5.41) is 8.88. The zero-order valence-corrected chi connectivity index (χ0v) is 13.2. The number of para-hydroxylation sites is 1. The summed E-state index contributed by atoms with van der Waals surface area (Å²) in [7, 11) is 1.95. The van der Waals surface area contributed by atoms with Crippen LogP contribution in [0.2, 0.25) is 0 Å². The van der Waals surface area contributed by atoms with E-state index in [0.717, 1.165) is 22.0 Å². The smallest absolute Gasteiger partial charge is 0.115 e. The second-order valence-corrected chi connectivity index (χ2v) is 6.20. The highest BCUT2D eigenvalue weighted by molar-refractivity contribution is 7.11. The van der Waals surface area contributed by atoms with Crippen molar-refractivity contribution < 1.29 is 0 Å². The van der Waals surface area contributed by atoms with Crippen LogP contribution in [0.5, 0.6) is 0 Å². The normalized spacial score (nSPS) is 12.5. The van der Waals surface area contributed by atoms with Crippen LogP contribution in [0.15, 0.2) is 42.7 Å². The molecule has 1 aromatic carbocycles. The molecule has 0 saturated heterocycles. The number of thiazole rings is 1. The summed E-state index contributed by atoms with van der Waals surface area (Å²) in [4.78, 5) is 5.92. The summed E-state index contributed by atoms with van der Waals surface area (Å²) in [6.45, 7) is 4.16. The predicted molar refractivity (Wildman–Crippen MR) is 86.1 cm³/mol. The standard InChI is InChI=1S/C16H18N4S/c1-11-12(2)21-16(19-11)15(17-3)13-9-18-20(10-13)14-7-5-4-6-8-14/h4-10,15,17H,1-3H3. The van der Waals surface area contributed by atoms with Crippen molar-refractivity contribution in [2.75, 3.05) is 7.05 Å². The Hall–Kier alpha value is -1.98. The zero-order valence-electron chi connectivity index (χ0n) is 12.4. The zero-order chi connectivity index (χ0) is 14.8. The van der Waals surface area contributed by atoms with Gasteiger partial charge in [-0.15, -0.1) is 11.3 Å². The van der Waals surface area contributed by atoms with Crippen LogP contribution in [0.25, 0.3) is 5.69 Å². The molecule has 2 aromatic heterocycles. The second kappa shape index (κ2) is 5.79. The molecule has 21 heavy (non-hydrogen) atoms. The maximum Gasteiger partial charge on any atom is 0.115 e. The van der Waals surface area contributed by atoms with E-state index in [0.29, 0.717) is 0 Å². The third kappa shape index (κ3) is 2.75. The van der Waals surface area contributed by atoms with E-state index >= 15 is 0 Å². The number of benzene rings is 1. The fourth-order valence-corrected chi connectivity index (χ4v) is 3.32. The van der Waals surface area contributed by atoms with Gasteiger partial charge >= 0.3 is 0 Å². The van der Waals surface area contributed by atoms with E-state index < -0.39 is 0 Å². The highest BCUT2D eigenvalue weighted by Gasteiger charge is 2.18. The maximum atomic E-state index is 4.66. The first kappa shape index (κ1) is 14.0. The number of hydrogen-bond acceptors (Lipinski definition) is 4. The van der Waals surface area contributed by atoms with Crippen LogP contribution >= 0.6 is 11.3 Å². The molecule has 0 aliphatic carbocycles. The van der Waals surface area contributed by atoms with Crippen molar-refractivity contribution in [2.24, 2.45) is 0 Å². The summed E-state index contributed by atoms with van der Waals surface area (Å²) >= 11 is 1.74. The highest BCUT2D eigenvalue weighted by Crippen LogP contribution is 2.27. The van der Waals surface area contributed by atoms with E-state index in [1.165, 1.54) is 4.88 Å². The quantitative estimate of drug-likeness (QED) is 0.804. The fourth-order valence-electron chi connectivity index (χ4n) is 2.26. The largest absolute Gasteiger partial charge is 0.307 e. The molecule has 1 unspecified atom stereocenters. The Kier molecular flexibility index (Phi) is 3.86. The Balaban J connectivity index is 1.94. The first-order valence-corrected chi connectivity index (χ1v) is 7.72. The molecule has 0 spiro atoms. The Morgan fingerprint density at radius 1 is 1.19 bits per heavy atom. The van der Waals surface area contributed by atoms with Gasteiger partial charge in [-0.25, -0.2) is 9.67 Å². The summed E-state index contributed by atoms with van der Waals surface area (Å²) in [5.41, 5.74) is 3.28. The van der Waals surface area contributed by atoms with Gasteiger partial charge in [0.1, 0.15) is 5.01 Å². The van der Waals surface area contributed by atoms with Crippen molar-refractivity contribution in [1.82, 2.24) is 20.1 Å². The van der Waals surface area contributed by atoms with Crippen molar-refractivity contribution in [2.45, 2.75) is 19.9 Å². The lowest BCUT2D eigenvalue weighted by Gasteiger charge is -2.10. The number of aryl methyl sites for hydroxylation is 2. The summed E-state index contributed by atoms with van der Waals surface area (Å²) < 4.78 is 1.90. The van der Waals surface area contributed by atoms with Gasteiger partial charge in [-0.2, -0.15) is 5.10 Å². The third-order valence-electron chi connectivity index (χ3n) is 3.54. The van der Waals surface area contributed by atoms with Crippen molar-refractivity contribution in [3.63, 3.8) is 0 Å². The molecule has 2 heterocycles. The van der Waals surface area contributed by atoms with Gasteiger partial charge in [-0.1, -0.05) is 18.2 Å². The van der Waals surface area contributed by atoms with E-state index in [4.69, 9.17) is 0 Å². The molecule has 0 bridgehead atoms. The van der Waals surface area contributed by atoms with Gasteiger partial charge in [0.15, 0.2) is 0 Å². The van der Waals surface area contributed by atoms with E-state index in [2.05, 4.69) is 35.4 Å². The van der Waals surface area contributed by atoms with Crippen LogP contribution in [-0.4, -0.2) is 21.8 Å². The fraction of sp³-hybridized carbons (Fsp3) is 0.250. The molecule has 4 nitrogen and oxygen atoms in total. The number of nitrogens with zero attached hydrogens (tertiary/aromatic N) is 3. The second-order valence-electron chi connectivity index (χ2n) is 4.97. The molecule has 1 N–H and O–H groups in total. The molecule has 3 rings (SSSR count). The summed E-state index contributed by atoms with van der Waals surface area (Å²) in [5.74, 6) is 0. The third-order valence-corrected chi connectivity index (χ3v) is 4.68. The molecule has 0 radical (unpaired) electrons. The molecule has 0 saturated carbocycles. The molecule has 5 heteroatoms. The summed E-state index contributed by atoms with van der Waals surface area (Å²) in [6.07, 6.45) is 3.96. The van der Waals surface area contributed by atoms with Crippen molar-refractivity contribution in [3.8, 4) is 5.69 Å². The first-order chi connectivity index (χ1) is 10.2. The van der Waals surface area contributed by atoms with Gasteiger partial charge in [0.05, 0.1) is 23.6 Å². The monoisotopic (exact) mass is 298 g/mol. The molecular formula is C16H18N4S. The molecule has 0 fully saturated rings. The van der Waals surface area contributed by atoms with E-state index in [1.807, 2.05) is 48.3 Å². The van der Waals surface area contributed by atoms with Gasteiger partial charge in [-0.05, 0) is 33.0 Å². The lowest BCUT2D eigenvalue weighted by molar-refractivity contribution is 0.684. The Morgan fingerprint density at radius 2 is 1.95 bits per heavy atom.